The summed E-state index contributed by atoms with van der Waals surface area (Å²) >= 11 is 6.06. The van der Waals surface area contributed by atoms with Crippen LogP contribution in [0.1, 0.15) is 37.7 Å². The van der Waals surface area contributed by atoms with E-state index < -0.39 is 17.8 Å². The van der Waals surface area contributed by atoms with E-state index in [1.165, 1.54) is 18.2 Å². The number of nitrogens with zero attached hydrogens (tertiary/aromatic N) is 2. The fourth-order valence-electron chi connectivity index (χ4n) is 3.37. The molecule has 0 bridgehead atoms. The summed E-state index contributed by atoms with van der Waals surface area (Å²) in [6.07, 6.45) is 1.41. The lowest BCUT2D eigenvalue weighted by Gasteiger charge is -2.12. The van der Waals surface area contributed by atoms with E-state index in [-0.39, 0.29) is 16.7 Å². The predicted octanol–water partition coefficient (Wildman–Crippen LogP) is 4.69. The van der Waals surface area contributed by atoms with Crippen molar-refractivity contribution in [2.24, 2.45) is 0 Å². The Bertz CT molecular complexity index is 1330. The fraction of sp³-hybridized carbons (Fsp3) is 0.0833. The molecular formula is C24H18ClN3O5. The topological polar surface area (TPSA) is 132 Å². The Kier molecular flexibility index (Phi) is 6.66. The number of aryl methyl sites for hydroxylation is 1. The van der Waals surface area contributed by atoms with Crippen molar-refractivity contribution in [3.8, 4) is 11.8 Å². The van der Waals surface area contributed by atoms with Gasteiger partial charge in [-0.15, -0.1) is 0 Å². The Balaban J connectivity index is 2.04. The number of hydrogen-bond acceptors (Lipinski definition) is 4. The molecule has 8 nitrogen and oxygen atoms in total. The molecule has 0 aliphatic heterocycles. The molecule has 0 saturated heterocycles. The van der Waals surface area contributed by atoms with Gasteiger partial charge in [0.15, 0.2) is 0 Å². The van der Waals surface area contributed by atoms with Gasteiger partial charge in [0.05, 0.1) is 21.8 Å². The van der Waals surface area contributed by atoms with Gasteiger partial charge in [-0.1, -0.05) is 23.7 Å². The summed E-state index contributed by atoms with van der Waals surface area (Å²) in [6.45, 7) is 3.46. The third-order valence-corrected chi connectivity index (χ3v) is 5.26. The molecule has 1 heterocycles. The lowest BCUT2D eigenvalue weighted by Crippen LogP contribution is -2.13. The molecule has 166 valence electrons. The number of aromatic carboxylic acids is 2. The molecule has 3 rings (SSSR count). The second-order valence-electron chi connectivity index (χ2n) is 7.14. The maximum Gasteiger partial charge on any atom is 0.335 e. The molecule has 0 aliphatic carbocycles. The van der Waals surface area contributed by atoms with E-state index in [2.05, 4.69) is 5.32 Å². The Morgan fingerprint density at radius 2 is 1.64 bits per heavy atom. The standard InChI is InChI=1S/C24H18ClN3O5/c1-13-7-15(8-18(12-26)22(29)27-21-6-4-3-5-20(21)25)14(2)28(13)19-10-16(23(30)31)9-17(11-19)24(32)33/h3-11H,1-2H3,(H,27,29)(H,30,31)(H,32,33)/b18-8-. The number of nitrogens with one attached hydrogen (secondary N) is 1. The van der Waals surface area contributed by atoms with Crippen LogP contribution in [0.2, 0.25) is 5.02 Å². The van der Waals surface area contributed by atoms with E-state index in [1.54, 1.807) is 48.7 Å². The highest BCUT2D eigenvalue weighted by atomic mass is 35.5. The van der Waals surface area contributed by atoms with Gasteiger partial charge in [0.2, 0.25) is 0 Å². The Labute approximate surface area is 194 Å². The number of hydrogen-bond donors (Lipinski definition) is 3. The second-order valence-corrected chi connectivity index (χ2v) is 7.55. The van der Waals surface area contributed by atoms with Crippen LogP contribution in [-0.4, -0.2) is 32.6 Å². The number of nitriles is 1. The number of carbonyl (C=O) groups is 3. The number of benzene rings is 2. The first kappa shape index (κ1) is 23.3. The zero-order valence-electron chi connectivity index (χ0n) is 17.6. The quantitative estimate of drug-likeness (QED) is 0.359. The van der Waals surface area contributed by atoms with Crippen molar-refractivity contribution in [3.05, 3.63) is 87.2 Å². The molecule has 0 radical (unpaired) electrons. The van der Waals surface area contributed by atoms with E-state index in [0.717, 1.165) is 6.07 Å². The SMILES string of the molecule is Cc1cc(/C=C(/C#N)C(=O)Nc2ccccc2Cl)c(C)n1-c1cc(C(=O)O)cc(C(=O)O)c1. The van der Waals surface area contributed by atoms with E-state index in [9.17, 15) is 29.9 Å². The van der Waals surface area contributed by atoms with E-state index in [0.29, 0.717) is 33.3 Å². The Morgan fingerprint density at radius 1 is 1.03 bits per heavy atom. The van der Waals surface area contributed by atoms with Crippen LogP contribution in [0.5, 0.6) is 0 Å². The number of carboxylic acids is 2. The van der Waals surface area contributed by atoms with Crippen LogP contribution in [0.3, 0.4) is 0 Å². The van der Waals surface area contributed by atoms with Crippen molar-refractivity contribution >= 4 is 41.2 Å². The van der Waals surface area contributed by atoms with Gasteiger partial charge in [-0.25, -0.2) is 9.59 Å². The summed E-state index contributed by atoms with van der Waals surface area (Å²) in [5, 5.41) is 31.2. The van der Waals surface area contributed by atoms with E-state index >= 15 is 0 Å². The number of amides is 1. The monoisotopic (exact) mass is 463 g/mol. The van der Waals surface area contributed by atoms with Gasteiger partial charge in [-0.05, 0) is 61.9 Å². The number of anilines is 1. The summed E-state index contributed by atoms with van der Waals surface area (Å²) in [7, 11) is 0. The van der Waals surface area contributed by atoms with Gasteiger partial charge < -0.3 is 20.1 Å². The summed E-state index contributed by atoms with van der Waals surface area (Å²) in [4.78, 5) is 35.5. The Morgan fingerprint density at radius 3 is 2.18 bits per heavy atom. The number of carbonyl (C=O) groups excluding carboxylic acids is 1. The number of halogens is 1. The van der Waals surface area contributed by atoms with Crippen molar-refractivity contribution in [3.63, 3.8) is 0 Å². The smallest absolute Gasteiger partial charge is 0.335 e. The fourth-order valence-corrected chi connectivity index (χ4v) is 3.56. The summed E-state index contributed by atoms with van der Waals surface area (Å²) in [5.41, 5.74) is 1.96. The van der Waals surface area contributed by atoms with Crippen molar-refractivity contribution in [2.45, 2.75) is 13.8 Å². The van der Waals surface area contributed by atoms with Crippen molar-refractivity contribution in [1.29, 1.82) is 5.26 Å². The second kappa shape index (κ2) is 9.42. The minimum atomic E-state index is -1.26. The highest BCUT2D eigenvalue weighted by Crippen LogP contribution is 2.26. The van der Waals surface area contributed by atoms with Crippen LogP contribution >= 0.6 is 11.6 Å². The van der Waals surface area contributed by atoms with E-state index in [4.69, 9.17) is 11.6 Å². The molecular weight excluding hydrogens is 446 g/mol. The number of carboxylic acid groups (broad SMARTS) is 2. The van der Waals surface area contributed by atoms with Crippen LogP contribution in [0.4, 0.5) is 5.69 Å². The molecule has 0 aliphatic rings. The normalized spacial score (nSPS) is 11.0. The van der Waals surface area contributed by atoms with Gasteiger partial charge in [0.1, 0.15) is 11.6 Å². The molecule has 1 amide bonds. The first-order valence-electron chi connectivity index (χ1n) is 9.61. The average Bonchev–Trinajstić information content (AvgIpc) is 3.05. The molecule has 0 spiro atoms. The lowest BCUT2D eigenvalue weighted by atomic mass is 10.1. The highest BCUT2D eigenvalue weighted by Gasteiger charge is 2.17. The van der Waals surface area contributed by atoms with Crippen LogP contribution in [-0.2, 0) is 4.79 Å². The highest BCUT2D eigenvalue weighted by molar-refractivity contribution is 6.34. The van der Waals surface area contributed by atoms with Gasteiger partial charge >= 0.3 is 11.9 Å². The maximum absolute atomic E-state index is 12.6. The summed E-state index contributed by atoms with van der Waals surface area (Å²) in [6, 6.07) is 14.0. The van der Waals surface area contributed by atoms with E-state index in [1.807, 2.05) is 6.07 Å². The molecule has 0 fully saturated rings. The first-order chi connectivity index (χ1) is 15.6. The zero-order chi connectivity index (χ0) is 24.3. The molecule has 2 aromatic carbocycles. The average molecular weight is 464 g/mol. The van der Waals surface area contributed by atoms with Crippen LogP contribution < -0.4 is 5.32 Å². The summed E-state index contributed by atoms with van der Waals surface area (Å²) in [5.74, 6) is -3.16. The summed E-state index contributed by atoms with van der Waals surface area (Å²) < 4.78 is 1.66. The van der Waals surface area contributed by atoms with Crippen LogP contribution in [0, 0.1) is 25.2 Å². The minimum Gasteiger partial charge on any atom is -0.478 e. The first-order valence-corrected chi connectivity index (χ1v) is 9.99. The van der Waals surface area contributed by atoms with Gasteiger partial charge in [0, 0.05) is 17.1 Å². The molecule has 33 heavy (non-hydrogen) atoms. The van der Waals surface area contributed by atoms with Gasteiger partial charge in [-0.3, -0.25) is 4.79 Å². The predicted molar refractivity (Wildman–Crippen MR) is 123 cm³/mol. The Hall–Kier alpha value is -4.35. The van der Waals surface area contributed by atoms with Crippen molar-refractivity contribution in [2.75, 3.05) is 5.32 Å². The van der Waals surface area contributed by atoms with Crippen molar-refractivity contribution in [1.82, 2.24) is 4.57 Å². The van der Waals surface area contributed by atoms with Gasteiger partial charge in [-0.2, -0.15) is 5.26 Å². The minimum absolute atomic E-state index is 0.166. The van der Waals surface area contributed by atoms with Crippen LogP contribution in [0.25, 0.3) is 11.8 Å². The number of para-hydroxylation sites is 1. The number of aromatic nitrogens is 1. The lowest BCUT2D eigenvalue weighted by molar-refractivity contribution is -0.112. The van der Waals surface area contributed by atoms with Crippen LogP contribution in [0.15, 0.2) is 54.1 Å². The van der Waals surface area contributed by atoms with Gasteiger partial charge in [0.25, 0.3) is 5.91 Å². The maximum atomic E-state index is 12.6. The number of rotatable bonds is 6. The molecule has 3 aromatic rings. The third-order valence-electron chi connectivity index (χ3n) is 4.93. The molecule has 3 N–H and O–H groups in total. The zero-order valence-corrected chi connectivity index (χ0v) is 18.3. The molecule has 0 saturated carbocycles. The largest absolute Gasteiger partial charge is 0.478 e. The van der Waals surface area contributed by atoms with Crippen molar-refractivity contribution < 1.29 is 24.6 Å². The molecule has 0 unspecified atom stereocenters. The molecule has 1 aromatic heterocycles. The third kappa shape index (κ3) is 4.95. The molecule has 0 atom stereocenters. The molecule has 9 heteroatoms.